The highest BCUT2D eigenvalue weighted by Gasteiger charge is 2.39. The molecule has 0 saturated carbocycles. The third-order valence-electron chi connectivity index (χ3n) is 8.57. The zero-order chi connectivity index (χ0) is 31.0. The van der Waals surface area contributed by atoms with Crippen LogP contribution in [0.2, 0.25) is 0 Å². The molecule has 8 nitrogen and oxygen atoms in total. The van der Waals surface area contributed by atoms with Gasteiger partial charge >= 0.3 is 6.18 Å². The van der Waals surface area contributed by atoms with Crippen LogP contribution in [0.4, 0.5) is 18.9 Å². The number of hydrogen-bond acceptors (Lipinski definition) is 5. The first-order chi connectivity index (χ1) is 21.0. The van der Waals surface area contributed by atoms with Gasteiger partial charge in [0.2, 0.25) is 5.91 Å². The Morgan fingerprint density at radius 2 is 1.68 bits per heavy atom. The van der Waals surface area contributed by atoms with Crippen LogP contribution >= 0.6 is 0 Å². The number of amides is 3. The molecule has 3 aromatic rings. The van der Waals surface area contributed by atoms with Gasteiger partial charge in [-0.1, -0.05) is 24.3 Å². The van der Waals surface area contributed by atoms with E-state index in [0.29, 0.717) is 24.3 Å². The third kappa shape index (κ3) is 6.28. The summed E-state index contributed by atoms with van der Waals surface area (Å²) in [6.07, 6.45) is -2.13. The molecule has 3 amide bonds. The van der Waals surface area contributed by atoms with Gasteiger partial charge < -0.3 is 25.0 Å². The molecule has 0 aromatic heterocycles. The minimum Gasteiger partial charge on any atom is -0.490 e. The van der Waals surface area contributed by atoms with Crippen molar-refractivity contribution in [2.24, 2.45) is 0 Å². The number of benzene rings is 3. The van der Waals surface area contributed by atoms with Crippen LogP contribution in [-0.4, -0.2) is 60.6 Å². The lowest BCUT2D eigenvalue weighted by Gasteiger charge is -2.42. The zero-order valence-corrected chi connectivity index (χ0v) is 24.0. The second-order valence-corrected chi connectivity index (χ2v) is 11.6. The van der Waals surface area contributed by atoms with Gasteiger partial charge in [0.25, 0.3) is 11.8 Å². The van der Waals surface area contributed by atoms with Crippen LogP contribution in [0.5, 0.6) is 5.75 Å². The number of carbonyl (C=O) groups is 3. The number of halogens is 3. The van der Waals surface area contributed by atoms with Crippen LogP contribution in [0.1, 0.15) is 56.7 Å². The summed E-state index contributed by atoms with van der Waals surface area (Å²) in [7, 11) is 1.69. The monoisotopic (exact) mass is 607 g/mol. The molecule has 11 heteroatoms. The predicted octanol–water partition coefficient (Wildman–Crippen LogP) is 5.01. The number of nitrogens with one attached hydrogen (secondary N) is 2. The molecule has 2 heterocycles. The predicted molar refractivity (Wildman–Crippen MR) is 156 cm³/mol. The average molecular weight is 608 g/mol. The van der Waals surface area contributed by atoms with Crippen LogP contribution in [0, 0.1) is 0 Å². The number of nitrogens with zero attached hydrogens (tertiary/aromatic N) is 1. The van der Waals surface area contributed by atoms with Gasteiger partial charge in [-0.25, -0.2) is 0 Å². The number of alkyl halides is 3. The summed E-state index contributed by atoms with van der Waals surface area (Å²) < 4.78 is 50.9. The van der Waals surface area contributed by atoms with Gasteiger partial charge in [0, 0.05) is 24.3 Å². The maximum Gasteiger partial charge on any atom is 0.416 e. The second kappa shape index (κ2) is 12.0. The standard InChI is InChI=1S/C33H32F3N3O5/c1-39-27-12-11-25(17-30(40)37-24-14-20-4-2-3-5-21(20)15-24)44-29(27)18-43-28-13-10-23(16-26(28)32(39)42)38-31(41)19-6-8-22(9-7-19)33(34,35)36/h2-10,13,16,24-25,27,29H,11-12,14-15,17-18H2,1H3,(H,37,40)(H,38,41)/t25-,27-,29+/m0/s1. The van der Waals surface area contributed by atoms with Crippen molar-refractivity contribution >= 4 is 23.4 Å². The van der Waals surface area contributed by atoms with Crippen LogP contribution in [0.15, 0.2) is 66.7 Å². The van der Waals surface area contributed by atoms with Crippen LogP contribution in [0.3, 0.4) is 0 Å². The van der Waals surface area contributed by atoms with E-state index in [0.717, 1.165) is 37.1 Å². The summed E-state index contributed by atoms with van der Waals surface area (Å²) >= 11 is 0. The van der Waals surface area contributed by atoms with Gasteiger partial charge in [0.05, 0.1) is 29.7 Å². The lowest BCUT2D eigenvalue weighted by molar-refractivity contribution is -0.137. The fraction of sp³-hybridized carbons (Fsp3) is 0.364. The summed E-state index contributed by atoms with van der Waals surface area (Å²) in [6, 6.07) is 16.5. The molecule has 2 N–H and O–H groups in total. The molecule has 3 aromatic carbocycles. The molecule has 44 heavy (non-hydrogen) atoms. The summed E-state index contributed by atoms with van der Waals surface area (Å²) in [5.74, 6) is -0.670. The van der Waals surface area contributed by atoms with Gasteiger partial charge in [-0.2, -0.15) is 13.2 Å². The van der Waals surface area contributed by atoms with Crippen LogP contribution in [0.25, 0.3) is 0 Å². The Balaban J connectivity index is 1.07. The van der Waals surface area contributed by atoms with Gasteiger partial charge in [0.15, 0.2) is 0 Å². The number of carbonyl (C=O) groups excluding carboxylic acids is 3. The molecule has 230 valence electrons. The van der Waals surface area contributed by atoms with Crippen molar-refractivity contribution in [2.45, 2.75) is 62.6 Å². The Hall–Kier alpha value is -4.38. The van der Waals surface area contributed by atoms with Gasteiger partial charge in [-0.3, -0.25) is 14.4 Å². The molecule has 1 saturated heterocycles. The summed E-state index contributed by atoms with van der Waals surface area (Å²) in [5, 5.41) is 5.78. The topological polar surface area (TPSA) is 97.0 Å². The maximum atomic E-state index is 13.5. The van der Waals surface area contributed by atoms with Gasteiger partial charge in [0.1, 0.15) is 18.5 Å². The smallest absolute Gasteiger partial charge is 0.416 e. The first-order valence-corrected chi connectivity index (χ1v) is 14.6. The molecule has 0 unspecified atom stereocenters. The normalized spacial score (nSPS) is 21.7. The molecular formula is C33H32F3N3O5. The number of anilines is 1. The van der Waals surface area contributed by atoms with Crippen LogP contribution < -0.4 is 15.4 Å². The number of ether oxygens (including phenoxy) is 2. The highest BCUT2D eigenvalue weighted by molar-refractivity contribution is 6.05. The SMILES string of the molecule is CN1C(=O)c2cc(NC(=O)c3ccc(C(F)(F)F)cc3)ccc2OC[C@H]2O[C@H](CC(=O)NC3Cc4ccccc4C3)CC[C@@H]21. The van der Waals surface area contributed by atoms with Crippen molar-refractivity contribution < 1.29 is 37.0 Å². The van der Waals surface area contributed by atoms with Crippen molar-refractivity contribution in [3.8, 4) is 5.75 Å². The quantitative estimate of drug-likeness (QED) is 0.425. The summed E-state index contributed by atoms with van der Waals surface area (Å²) in [6.45, 7) is 0.169. The minimum atomic E-state index is -4.50. The van der Waals surface area contributed by atoms with Crippen molar-refractivity contribution in [1.82, 2.24) is 10.2 Å². The average Bonchev–Trinajstić information content (AvgIpc) is 3.41. The molecule has 3 aliphatic rings. The second-order valence-electron chi connectivity index (χ2n) is 11.6. The summed E-state index contributed by atoms with van der Waals surface area (Å²) in [4.78, 5) is 40.7. The molecule has 3 atom stereocenters. The van der Waals surface area contributed by atoms with Gasteiger partial charge in [-0.15, -0.1) is 0 Å². The zero-order valence-electron chi connectivity index (χ0n) is 24.0. The lowest BCUT2D eigenvalue weighted by atomic mass is 9.94. The number of rotatable bonds is 5. The molecule has 0 bridgehead atoms. The highest BCUT2D eigenvalue weighted by atomic mass is 19.4. The largest absolute Gasteiger partial charge is 0.490 e. The van der Waals surface area contributed by atoms with Crippen molar-refractivity contribution in [3.05, 3.63) is 94.5 Å². The molecular weight excluding hydrogens is 575 g/mol. The van der Waals surface area contributed by atoms with E-state index in [2.05, 4.69) is 22.8 Å². The molecule has 0 radical (unpaired) electrons. The Morgan fingerprint density at radius 1 is 0.977 bits per heavy atom. The number of fused-ring (bicyclic) bond motifs is 3. The lowest BCUT2D eigenvalue weighted by Crippen LogP contribution is -2.54. The third-order valence-corrected chi connectivity index (χ3v) is 8.57. The Kier molecular flexibility index (Phi) is 8.06. The molecule has 2 aliphatic heterocycles. The van der Waals surface area contributed by atoms with E-state index in [4.69, 9.17) is 9.47 Å². The van der Waals surface area contributed by atoms with E-state index in [-0.39, 0.29) is 54.2 Å². The molecule has 1 aliphatic carbocycles. The maximum absolute atomic E-state index is 13.5. The van der Waals surface area contributed by atoms with Crippen molar-refractivity contribution in [1.29, 1.82) is 0 Å². The highest BCUT2D eigenvalue weighted by Crippen LogP contribution is 2.33. The molecule has 0 spiro atoms. The van der Waals surface area contributed by atoms with E-state index in [1.54, 1.807) is 24.1 Å². The first-order valence-electron chi connectivity index (χ1n) is 14.6. The number of hydrogen-bond donors (Lipinski definition) is 2. The minimum absolute atomic E-state index is 0.0446. The van der Waals surface area contributed by atoms with E-state index >= 15 is 0 Å². The Labute approximate surface area is 252 Å². The van der Waals surface area contributed by atoms with Crippen LogP contribution in [-0.2, 0) is 28.5 Å². The fourth-order valence-electron chi connectivity index (χ4n) is 6.27. The van der Waals surface area contributed by atoms with E-state index in [9.17, 15) is 27.6 Å². The first kappa shape index (κ1) is 29.7. The fourth-order valence-corrected chi connectivity index (χ4v) is 6.27. The van der Waals surface area contributed by atoms with Crippen molar-refractivity contribution in [2.75, 3.05) is 19.0 Å². The van der Waals surface area contributed by atoms with E-state index in [1.807, 2.05) is 12.1 Å². The summed E-state index contributed by atoms with van der Waals surface area (Å²) in [5.41, 5.74) is 2.27. The molecule has 6 rings (SSSR count). The van der Waals surface area contributed by atoms with Gasteiger partial charge in [-0.05, 0) is 79.3 Å². The number of likely N-dealkylation sites (N-methyl/N-ethyl adjacent to an activating group) is 1. The van der Waals surface area contributed by atoms with E-state index in [1.165, 1.54) is 17.2 Å². The van der Waals surface area contributed by atoms with Crippen molar-refractivity contribution in [3.63, 3.8) is 0 Å². The Morgan fingerprint density at radius 3 is 2.36 bits per heavy atom. The van der Waals surface area contributed by atoms with E-state index < -0.39 is 23.8 Å². The Bertz CT molecular complexity index is 1550. The molecule has 1 fully saturated rings.